The van der Waals surface area contributed by atoms with Crippen molar-refractivity contribution in [3.8, 4) is 0 Å². The minimum absolute atomic E-state index is 0.00304. The lowest BCUT2D eigenvalue weighted by Gasteiger charge is -2.74. The van der Waals surface area contributed by atoms with Gasteiger partial charge in [-0.2, -0.15) is 0 Å². The van der Waals surface area contributed by atoms with Gasteiger partial charge in [0.1, 0.15) is 0 Å². The molecule has 6 saturated carbocycles. The van der Waals surface area contributed by atoms with Crippen molar-refractivity contribution < 1.29 is 9.84 Å². The van der Waals surface area contributed by atoms with Gasteiger partial charge in [-0.3, -0.25) is 10.2 Å². The van der Waals surface area contributed by atoms with Crippen molar-refractivity contribution in [1.29, 1.82) is 0 Å². The molecule has 16 atom stereocenters. The molecular formula is C48H69N3O2. The van der Waals surface area contributed by atoms with Crippen molar-refractivity contribution in [2.75, 3.05) is 26.4 Å². The molecule has 2 saturated heterocycles. The molecule has 13 rings (SSSR count). The third-order valence-corrected chi connectivity index (χ3v) is 21.2. The molecule has 5 nitrogen and oxygen atoms in total. The maximum Gasteiger partial charge on any atom is 0.0719 e. The molecule has 0 aromatic rings. The van der Waals surface area contributed by atoms with Crippen molar-refractivity contribution in [3.63, 3.8) is 0 Å². The van der Waals surface area contributed by atoms with Crippen LogP contribution in [0.2, 0.25) is 0 Å². The maximum atomic E-state index is 9.92. The van der Waals surface area contributed by atoms with Crippen molar-refractivity contribution >= 4 is 0 Å². The van der Waals surface area contributed by atoms with Gasteiger partial charge in [0, 0.05) is 60.3 Å². The number of ether oxygens (including phenoxy) is 1. The summed E-state index contributed by atoms with van der Waals surface area (Å²) in [6, 6.07) is 1.41. The van der Waals surface area contributed by atoms with E-state index in [0.717, 1.165) is 49.8 Å². The minimum atomic E-state index is -0.00304. The van der Waals surface area contributed by atoms with Crippen LogP contribution in [0.25, 0.3) is 0 Å². The molecule has 4 bridgehead atoms. The third-order valence-electron chi connectivity index (χ3n) is 21.2. The summed E-state index contributed by atoms with van der Waals surface area (Å²) in [7, 11) is 0. The Bertz CT molecular complexity index is 1710. The fraction of sp³-hybridized carbons (Fsp3) is 0.833. The molecule has 0 aromatic heterocycles. The summed E-state index contributed by atoms with van der Waals surface area (Å²) in [5.74, 6) is 3.85. The summed E-state index contributed by atoms with van der Waals surface area (Å²) in [6.45, 7) is 11.8. The molecule has 288 valence electrons. The van der Waals surface area contributed by atoms with E-state index in [9.17, 15) is 5.11 Å². The van der Waals surface area contributed by atoms with Gasteiger partial charge in [-0.25, -0.2) is 0 Å². The van der Waals surface area contributed by atoms with Crippen LogP contribution in [0.3, 0.4) is 0 Å². The van der Waals surface area contributed by atoms with E-state index in [2.05, 4.69) is 66.7 Å². The van der Waals surface area contributed by atoms with E-state index < -0.39 is 0 Å². The second kappa shape index (κ2) is 11.0. The van der Waals surface area contributed by atoms with Gasteiger partial charge < -0.3 is 15.2 Å². The van der Waals surface area contributed by atoms with Gasteiger partial charge in [0.15, 0.2) is 0 Å². The Kier molecular flexibility index (Phi) is 7.04. The number of nitrogens with zero attached hydrogens (tertiary/aromatic N) is 1. The molecule has 53 heavy (non-hydrogen) atoms. The molecule has 9 aliphatic carbocycles. The Labute approximate surface area is 320 Å². The molecule has 5 heteroatoms. The van der Waals surface area contributed by atoms with Crippen LogP contribution in [-0.2, 0) is 4.74 Å². The van der Waals surface area contributed by atoms with E-state index >= 15 is 0 Å². The van der Waals surface area contributed by atoms with E-state index in [1.54, 1.807) is 11.1 Å². The highest BCUT2D eigenvalue weighted by Gasteiger charge is 2.89. The Morgan fingerprint density at radius 2 is 1.91 bits per heavy atom. The minimum Gasteiger partial charge on any atom is -0.396 e. The summed E-state index contributed by atoms with van der Waals surface area (Å²) in [5.41, 5.74) is 6.97. The lowest BCUT2D eigenvalue weighted by atomic mass is 9.31. The first-order valence-corrected chi connectivity index (χ1v) is 23.0. The highest BCUT2D eigenvalue weighted by molar-refractivity contribution is 5.63. The molecular weight excluding hydrogens is 651 g/mol. The molecule has 0 aromatic carbocycles. The number of allylic oxidation sites excluding steroid dienone is 3. The van der Waals surface area contributed by atoms with Crippen molar-refractivity contribution in [3.05, 3.63) is 47.1 Å². The number of rotatable bonds is 7. The summed E-state index contributed by atoms with van der Waals surface area (Å²) >= 11 is 0. The lowest BCUT2D eigenvalue weighted by molar-refractivity contribution is -0.233. The number of hydrogen-bond donors (Lipinski definition) is 3. The zero-order valence-corrected chi connectivity index (χ0v) is 33.4. The first kappa shape index (κ1) is 33.9. The van der Waals surface area contributed by atoms with Gasteiger partial charge in [0.25, 0.3) is 0 Å². The predicted molar refractivity (Wildman–Crippen MR) is 211 cm³/mol. The number of fused-ring (bicyclic) bond motifs is 3. The zero-order chi connectivity index (χ0) is 35.6. The number of aliphatic hydroxyl groups is 1. The molecule has 4 aliphatic heterocycles. The highest BCUT2D eigenvalue weighted by atomic mass is 16.5. The fourth-order valence-electron chi connectivity index (χ4n) is 19.5. The van der Waals surface area contributed by atoms with E-state index in [1.807, 2.05) is 5.57 Å². The highest BCUT2D eigenvalue weighted by Crippen LogP contribution is 2.91. The average Bonchev–Trinajstić information content (AvgIpc) is 3.42. The SMILES string of the molecule is CC1=C2CC34C5(CCCC5CCOC5CCC6C(CCC7NCNC76)C5)CC(C)C2(CC1)C3(C)CC=C1C=CC23C=CC14N1CC12CCC3CCCO. The van der Waals surface area contributed by atoms with Gasteiger partial charge >= 0.3 is 0 Å². The van der Waals surface area contributed by atoms with Gasteiger partial charge in [-0.15, -0.1) is 0 Å². The molecule has 0 radical (unpaired) electrons. The first-order chi connectivity index (χ1) is 25.8. The monoisotopic (exact) mass is 720 g/mol. The van der Waals surface area contributed by atoms with Crippen LogP contribution in [0.15, 0.2) is 47.1 Å². The third kappa shape index (κ3) is 3.61. The molecule has 13 aliphatic rings. The standard InChI is InChI=1S/C48H69N3O2/c1-31-12-21-46-32(2)27-44(17-4-6-35(44)16-25-53-37-9-10-38-33(26-37)8-11-40-41(38)50-30-49-40)48(28-39(31)46)42(46,3)18-13-36-14-19-43-22-23-47(36,48)51-29-45(43,51)20-15-34(43)7-5-24-52/h13-14,19,22-23,32-35,37-38,40-41,49-50,52H,4-12,15-18,20-21,24-30H2,1-3H3. The van der Waals surface area contributed by atoms with Crippen molar-refractivity contribution in [2.45, 2.75) is 166 Å². The van der Waals surface area contributed by atoms with Crippen LogP contribution >= 0.6 is 0 Å². The zero-order valence-electron chi connectivity index (χ0n) is 33.4. The van der Waals surface area contributed by atoms with Gasteiger partial charge in [0.05, 0.1) is 11.6 Å². The second-order valence-electron chi connectivity index (χ2n) is 21.8. The number of nitrogens with one attached hydrogen (secondary N) is 2. The lowest BCUT2D eigenvalue weighted by Crippen LogP contribution is -2.74. The van der Waals surface area contributed by atoms with Crippen LogP contribution in [0, 0.1) is 56.7 Å². The van der Waals surface area contributed by atoms with E-state index in [0.29, 0.717) is 41.5 Å². The Morgan fingerprint density at radius 3 is 2.81 bits per heavy atom. The molecule has 4 heterocycles. The topological polar surface area (TPSA) is 56.5 Å². The van der Waals surface area contributed by atoms with Gasteiger partial charge in [-0.05, 0) is 162 Å². The largest absolute Gasteiger partial charge is 0.396 e. The smallest absolute Gasteiger partial charge is 0.0719 e. The molecule has 3 N–H and O–H groups in total. The van der Waals surface area contributed by atoms with Crippen LogP contribution in [0.5, 0.6) is 0 Å². The van der Waals surface area contributed by atoms with Crippen molar-refractivity contribution in [2.24, 2.45) is 56.7 Å². The van der Waals surface area contributed by atoms with E-state index in [1.165, 1.54) is 109 Å². The summed E-state index contributed by atoms with van der Waals surface area (Å²) in [6.07, 6.45) is 38.2. The number of aliphatic hydroxyl groups excluding tert-OH is 1. The fourth-order valence-corrected chi connectivity index (χ4v) is 19.5. The predicted octanol–water partition coefficient (Wildman–Crippen LogP) is 8.61. The first-order valence-electron chi connectivity index (χ1n) is 23.0. The normalized spacial score (nSPS) is 57.4. The van der Waals surface area contributed by atoms with Crippen LogP contribution in [0.1, 0.15) is 136 Å². The summed E-state index contributed by atoms with van der Waals surface area (Å²) in [5, 5.41) is 17.5. The molecule has 5 spiro atoms. The van der Waals surface area contributed by atoms with Crippen LogP contribution < -0.4 is 10.6 Å². The Morgan fingerprint density at radius 1 is 0.981 bits per heavy atom. The molecule has 8 fully saturated rings. The molecule has 16 unspecified atom stereocenters. The van der Waals surface area contributed by atoms with Crippen LogP contribution in [0.4, 0.5) is 0 Å². The average molecular weight is 720 g/mol. The Hall–Kier alpha value is -1.24. The van der Waals surface area contributed by atoms with Gasteiger partial charge in [-0.1, -0.05) is 61.8 Å². The quantitative estimate of drug-likeness (QED) is 0.182. The van der Waals surface area contributed by atoms with E-state index in [-0.39, 0.29) is 27.3 Å². The Balaban J connectivity index is 0.923. The van der Waals surface area contributed by atoms with Gasteiger partial charge in [0.2, 0.25) is 0 Å². The maximum absolute atomic E-state index is 9.92. The summed E-state index contributed by atoms with van der Waals surface area (Å²) < 4.78 is 7.10. The van der Waals surface area contributed by atoms with E-state index in [4.69, 9.17) is 4.74 Å². The van der Waals surface area contributed by atoms with Crippen LogP contribution in [-0.4, -0.2) is 65.7 Å². The summed E-state index contributed by atoms with van der Waals surface area (Å²) in [4.78, 5) is 3.19. The number of hydrogen-bond acceptors (Lipinski definition) is 5. The van der Waals surface area contributed by atoms with Crippen molar-refractivity contribution in [1.82, 2.24) is 15.5 Å². The second-order valence-corrected chi connectivity index (χ2v) is 21.8. The molecule has 0 amide bonds.